The first-order valence-electron chi connectivity index (χ1n) is 4.96. The zero-order valence-corrected chi connectivity index (χ0v) is 10.0. The molecule has 0 spiro atoms. The van der Waals surface area contributed by atoms with Gasteiger partial charge in [0.05, 0.1) is 11.3 Å². The van der Waals surface area contributed by atoms with Crippen molar-refractivity contribution >= 4 is 11.6 Å². The van der Waals surface area contributed by atoms with Gasteiger partial charge in [-0.2, -0.15) is 0 Å². The second-order valence-electron chi connectivity index (χ2n) is 3.63. The first-order valence-corrected chi connectivity index (χ1v) is 5.33. The Hall–Kier alpha value is -1.55. The van der Waals surface area contributed by atoms with E-state index in [4.69, 9.17) is 11.6 Å². The lowest BCUT2D eigenvalue weighted by molar-refractivity contribution is 0.588. The molecule has 0 fully saturated rings. The van der Waals surface area contributed by atoms with Gasteiger partial charge in [0.15, 0.2) is 0 Å². The summed E-state index contributed by atoms with van der Waals surface area (Å²) in [7, 11) is 0. The van der Waals surface area contributed by atoms with Gasteiger partial charge < -0.3 is 0 Å². The van der Waals surface area contributed by atoms with Crippen molar-refractivity contribution < 1.29 is 8.78 Å². The molecule has 0 aliphatic carbocycles. The van der Waals surface area contributed by atoms with Crippen LogP contribution in [0.4, 0.5) is 8.78 Å². The molecule has 0 N–H and O–H groups in total. The lowest BCUT2D eigenvalue weighted by atomic mass is 10.1. The summed E-state index contributed by atoms with van der Waals surface area (Å²) in [6.45, 7) is 3.25. The molecule has 0 saturated heterocycles. The van der Waals surface area contributed by atoms with Gasteiger partial charge >= 0.3 is 0 Å². The molecule has 0 aliphatic heterocycles. The molecule has 1 aromatic heterocycles. The number of aryl methyl sites for hydroxylation is 1. The number of rotatable bonds is 1. The van der Waals surface area contributed by atoms with Crippen molar-refractivity contribution in [2.24, 2.45) is 0 Å². The Morgan fingerprint density at radius 3 is 2.24 bits per heavy atom. The van der Waals surface area contributed by atoms with Gasteiger partial charge in [-0.3, -0.25) is 0 Å². The van der Waals surface area contributed by atoms with Crippen LogP contribution in [-0.2, 0) is 0 Å². The Morgan fingerprint density at radius 1 is 1.06 bits per heavy atom. The smallest absolute Gasteiger partial charge is 0.136 e. The second-order valence-corrected chi connectivity index (χ2v) is 3.99. The number of nitrogens with zero attached hydrogens (tertiary/aromatic N) is 2. The molecule has 0 unspecified atom stereocenters. The van der Waals surface area contributed by atoms with Crippen LogP contribution < -0.4 is 0 Å². The van der Waals surface area contributed by atoms with Crippen LogP contribution in [0.3, 0.4) is 0 Å². The summed E-state index contributed by atoms with van der Waals surface area (Å²) in [4.78, 5) is 7.98. The third kappa shape index (κ3) is 2.13. The van der Waals surface area contributed by atoms with Crippen LogP contribution in [0.5, 0.6) is 0 Å². The van der Waals surface area contributed by atoms with Crippen LogP contribution in [0, 0.1) is 25.5 Å². The molecule has 2 nitrogen and oxygen atoms in total. The van der Waals surface area contributed by atoms with E-state index in [1.165, 1.54) is 18.2 Å². The van der Waals surface area contributed by atoms with Gasteiger partial charge in [-0.15, -0.1) is 0 Å². The highest BCUT2D eigenvalue weighted by Crippen LogP contribution is 2.29. The third-order valence-corrected chi connectivity index (χ3v) is 2.77. The van der Waals surface area contributed by atoms with Gasteiger partial charge in [-0.05, 0) is 26.0 Å². The fourth-order valence-electron chi connectivity index (χ4n) is 1.56. The number of aromatic nitrogens is 2. The molecule has 0 saturated carbocycles. The van der Waals surface area contributed by atoms with Crippen molar-refractivity contribution in [1.82, 2.24) is 9.97 Å². The van der Waals surface area contributed by atoms with Crippen LogP contribution in [0.15, 0.2) is 18.2 Å². The Bertz CT molecular complexity index is 565. The van der Waals surface area contributed by atoms with Gasteiger partial charge in [0.1, 0.15) is 22.6 Å². The van der Waals surface area contributed by atoms with Crippen molar-refractivity contribution in [3.05, 3.63) is 46.4 Å². The molecule has 0 bridgehead atoms. The molecule has 0 amide bonds. The maximum absolute atomic E-state index is 13.6. The molecular formula is C12H9ClF2N2. The molecule has 2 aromatic rings. The molecule has 17 heavy (non-hydrogen) atoms. The lowest BCUT2D eigenvalue weighted by Gasteiger charge is -2.09. The predicted molar refractivity (Wildman–Crippen MR) is 61.9 cm³/mol. The lowest BCUT2D eigenvalue weighted by Crippen LogP contribution is -2.00. The summed E-state index contributed by atoms with van der Waals surface area (Å²) < 4.78 is 27.3. The largest absolute Gasteiger partial charge is 0.233 e. The fourth-order valence-corrected chi connectivity index (χ4v) is 1.77. The van der Waals surface area contributed by atoms with E-state index in [1.807, 2.05) is 0 Å². The Labute approximate surface area is 102 Å². The Kier molecular flexibility index (Phi) is 3.07. The van der Waals surface area contributed by atoms with Crippen LogP contribution in [-0.4, -0.2) is 9.97 Å². The number of hydrogen-bond donors (Lipinski definition) is 0. The third-order valence-electron chi connectivity index (χ3n) is 2.40. The predicted octanol–water partition coefficient (Wildman–Crippen LogP) is 3.69. The van der Waals surface area contributed by atoms with E-state index in [0.29, 0.717) is 11.4 Å². The molecule has 0 atom stereocenters. The zero-order valence-electron chi connectivity index (χ0n) is 9.26. The molecule has 1 heterocycles. The van der Waals surface area contributed by atoms with E-state index >= 15 is 0 Å². The van der Waals surface area contributed by atoms with Gasteiger partial charge in [0.25, 0.3) is 0 Å². The minimum atomic E-state index is -0.665. The summed E-state index contributed by atoms with van der Waals surface area (Å²) in [5.74, 6) is -0.956. The van der Waals surface area contributed by atoms with Crippen molar-refractivity contribution in [2.75, 3.05) is 0 Å². The fraction of sp³-hybridized carbons (Fsp3) is 0.167. The van der Waals surface area contributed by atoms with E-state index in [9.17, 15) is 8.78 Å². The minimum Gasteiger partial charge on any atom is -0.233 e. The van der Waals surface area contributed by atoms with Crippen LogP contribution in [0.1, 0.15) is 11.4 Å². The van der Waals surface area contributed by atoms with Crippen molar-refractivity contribution in [3.63, 3.8) is 0 Å². The number of benzene rings is 1. The Balaban J connectivity index is 2.77. The average Bonchev–Trinajstić information content (AvgIpc) is 2.24. The number of hydrogen-bond acceptors (Lipinski definition) is 2. The van der Waals surface area contributed by atoms with Gasteiger partial charge in [0, 0.05) is 5.56 Å². The average molecular weight is 255 g/mol. The van der Waals surface area contributed by atoms with E-state index in [0.717, 1.165) is 0 Å². The standard InChI is InChI=1S/C12H9ClF2N2/c1-6-11(16-7(2)17-12(6)13)10-8(14)4-3-5-9(10)15/h3-5H,1-2H3. The van der Waals surface area contributed by atoms with Gasteiger partial charge in [0.2, 0.25) is 0 Å². The van der Waals surface area contributed by atoms with Crippen molar-refractivity contribution in [3.8, 4) is 11.3 Å². The molecule has 2 rings (SSSR count). The Morgan fingerprint density at radius 2 is 1.65 bits per heavy atom. The topological polar surface area (TPSA) is 25.8 Å². The number of halogens is 3. The molecular weight excluding hydrogens is 246 g/mol. The quantitative estimate of drug-likeness (QED) is 0.726. The monoisotopic (exact) mass is 254 g/mol. The highest BCUT2D eigenvalue weighted by Gasteiger charge is 2.17. The first-order chi connectivity index (χ1) is 8.00. The maximum atomic E-state index is 13.6. The van der Waals surface area contributed by atoms with E-state index in [-0.39, 0.29) is 16.4 Å². The van der Waals surface area contributed by atoms with E-state index in [1.54, 1.807) is 13.8 Å². The zero-order chi connectivity index (χ0) is 12.6. The summed E-state index contributed by atoms with van der Waals surface area (Å²) in [5.41, 5.74) is 0.483. The van der Waals surface area contributed by atoms with Gasteiger partial charge in [-0.1, -0.05) is 17.7 Å². The van der Waals surface area contributed by atoms with Crippen LogP contribution in [0.25, 0.3) is 11.3 Å². The molecule has 1 aromatic carbocycles. The summed E-state index contributed by atoms with van der Waals surface area (Å²) in [5, 5.41) is 0.204. The van der Waals surface area contributed by atoms with Gasteiger partial charge in [-0.25, -0.2) is 18.7 Å². The van der Waals surface area contributed by atoms with Crippen molar-refractivity contribution in [2.45, 2.75) is 13.8 Å². The second kappa shape index (κ2) is 4.37. The molecule has 88 valence electrons. The molecule has 0 radical (unpaired) electrons. The summed E-state index contributed by atoms with van der Waals surface area (Å²) in [6, 6.07) is 3.67. The highest BCUT2D eigenvalue weighted by molar-refractivity contribution is 6.30. The summed E-state index contributed by atoms with van der Waals surface area (Å²) in [6.07, 6.45) is 0. The van der Waals surface area contributed by atoms with E-state index < -0.39 is 11.6 Å². The first kappa shape index (κ1) is 11.9. The molecule has 0 aliphatic rings. The van der Waals surface area contributed by atoms with Crippen LogP contribution >= 0.6 is 11.6 Å². The highest BCUT2D eigenvalue weighted by atomic mass is 35.5. The summed E-state index contributed by atoms with van der Waals surface area (Å²) >= 11 is 5.88. The van der Waals surface area contributed by atoms with Crippen LogP contribution in [0.2, 0.25) is 5.15 Å². The van der Waals surface area contributed by atoms with Crippen molar-refractivity contribution in [1.29, 1.82) is 0 Å². The van der Waals surface area contributed by atoms with E-state index in [2.05, 4.69) is 9.97 Å². The molecule has 5 heteroatoms. The minimum absolute atomic E-state index is 0.169. The SMILES string of the molecule is Cc1nc(Cl)c(C)c(-c2c(F)cccc2F)n1. The maximum Gasteiger partial charge on any atom is 0.136 e. The normalized spacial score (nSPS) is 10.6.